The van der Waals surface area contributed by atoms with Crippen molar-refractivity contribution in [1.29, 1.82) is 0 Å². The van der Waals surface area contributed by atoms with Crippen LogP contribution < -0.4 is 0 Å². The summed E-state index contributed by atoms with van der Waals surface area (Å²) in [7, 11) is 1.85. The second-order valence-corrected chi connectivity index (χ2v) is 8.99. The smallest absolute Gasteiger partial charge is 0.276 e. The first-order valence-corrected chi connectivity index (χ1v) is 11.1. The lowest BCUT2D eigenvalue weighted by Crippen LogP contribution is -2.51. The molecule has 3 aliphatic rings. The summed E-state index contributed by atoms with van der Waals surface area (Å²) in [6, 6.07) is 2.09. The first-order chi connectivity index (χ1) is 15.0. The Labute approximate surface area is 181 Å². The summed E-state index contributed by atoms with van der Waals surface area (Å²) in [5.74, 6) is -0.0671. The van der Waals surface area contributed by atoms with Crippen LogP contribution in [0.15, 0.2) is 12.3 Å². The molecule has 10 heteroatoms. The maximum atomic E-state index is 12.8. The van der Waals surface area contributed by atoms with Crippen molar-refractivity contribution in [3.63, 3.8) is 0 Å². The van der Waals surface area contributed by atoms with E-state index in [2.05, 4.69) is 15.4 Å². The van der Waals surface area contributed by atoms with Crippen molar-refractivity contribution in [3.8, 4) is 0 Å². The third-order valence-corrected chi connectivity index (χ3v) is 7.35. The lowest BCUT2D eigenvalue weighted by Gasteiger charge is -2.53. The van der Waals surface area contributed by atoms with Crippen LogP contribution in [0.3, 0.4) is 0 Å². The SMILES string of the molecule is Cc1cc(C(=O)N2CCC3(CCC3n3cc(C(=O)N4CCOCC4)nn3)CC2)nn1C. The summed E-state index contributed by atoms with van der Waals surface area (Å²) >= 11 is 0. The molecular weight excluding hydrogens is 398 g/mol. The molecule has 2 aromatic rings. The van der Waals surface area contributed by atoms with Crippen molar-refractivity contribution < 1.29 is 14.3 Å². The first-order valence-electron chi connectivity index (χ1n) is 11.1. The van der Waals surface area contributed by atoms with Crippen LogP contribution in [0.2, 0.25) is 0 Å². The summed E-state index contributed by atoms with van der Waals surface area (Å²) in [4.78, 5) is 29.2. The second-order valence-electron chi connectivity index (χ2n) is 8.99. The summed E-state index contributed by atoms with van der Waals surface area (Å²) < 4.78 is 8.95. The molecule has 2 saturated heterocycles. The number of carbonyl (C=O) groups is 2. The van der Waals surface area contributed by atoms with E-state index in [9.17, 15) is 9.59 Å². The van der Waals surface area contributed by atoms with Gasteiger partial charge in [-0.2, -0.15) is 5.10 Å². The van der Waals surface area contributed by atoms with Crippen LogP contribution in [-0.4, -0.2) is 85.8 Å². The highest BCUT2D eigenvalue weighted by Gasteiger charge is 2.50. The molecule has 1 saturated carbocycles. The number of morpholine rings is 1. The number of ether oxygens (including phenoxy) is 1. The molecule has 31 heavy (non-hydrogen) atoms. The zero-order chi connectivity index (χ0) is 21.6. The largest absolute Gasteiger partial charge is 0.378 e. The molecule has 0 N–H and O–H groups in total. The molecule has 3 fully saturated rings. The molecule has 10 nitrogen and oxygen atoms in total. The molecule has 2 aromatic heterocycles. The van der Waals surface area contributed by atoms with E-state index in [1.165, 1.54) is 0 Å². The molecule has 0 bridgehead atoms. The van der Waals surface area contributed by atoms with Crippen LogP contribution in [0, 0.1) is 12.3 Å². The zero-order valence-electron chi connectivity index (χ0n) is 18.2. The normalized spacial score (nSPS) is 23.1. The Morgan fingerprint density at radius 3 is 2.32 bits per heavy atom. The lowest BCUT2D eigenvalue weighted by molar-refractivity contribution is -0.0269. The van der Waals surface area contributed by atoms with Gasteiger partial charge in [-0.05, 0) is 44.1 Å². The van der Waals surface area contributed by atoms with Gasteiger partial charge < -0.3 is 14.5 Å². The fourth-order valence-electron chi connectivity index (χ4n) is 5.12. The molecular formula is C21H29N7O3. The Bertz CT molecular complexity index is 964. The molecule has 0 aromatic carbocycles. The van der Waals surface area contributed by atoms with E-state index in [0.29, 0.717) is 37.7 Å². The molecule has 5 rings (SSSR count). The molecule has 1 atom stereocenters. The highest BCUT2D eigenvalue weighted by atomic mass is 16.5. The van der Waals surface area contributed by atoms with Crippen LogP contribution in [0.5, 0.6) is 0 Å². The maximum absolute atomic E-state index is 12.8. The Balaban J connectivity index is 1.23. The van der Waals surface area contributed by atoms with Gasteiger partial charge in [0.05, 0.1) is 25.5 Å². The quantitative estimate of drug-likeness (QED) is 0.726. The zero-order valence-corrected chi connectivity index (χ0v) is 18.2. The fourth-order valence-corrected chi connectivity index (χ4v) is 5.12. The standard InChI is InChI=1S/C21H29N7O3/c1-15-13-16(23-25(15)2)19(29)26-7-5-21(6-8-26)4-3-18(21)28-14-17(22-24-28)20(30)27-9-11-31-12-10-27/h13-14,18H,3-12H2,1-2H3. The van der Waals surface area contributed by atoms with Crippen molar-refractivity contribution in [2.75, 3.05) is 39.4 Å². The Morgan fingerprint density at radius 1 is 1.03 bits per heavy atom. The third-order valence-electron chi connectivity index (χ3n) is 7.35. The van der Waals surface area contributed by atoms with Crippen molar-refractivity contribution in [2.45, 2.75) is 38.6 Å². The number of nitrogens with zero attached hydrogens (tertiary/aromatic N) is 7. The minimum absolute atomic E-state index is 0.00794. The number of piperidine rings is 1. The number of likely N-dealkylation sites (tertiary alicyclic amines) is 1. The minimum Gasteiger partial charge on any atom is -0.378 e. The van der Waals surface area contributed by atoms with E-state index in [1.807, 2.05) is 29.6 Å². The Morgan fingerprint density at radius 2 is 1.71 bits per heavy atom. The van der Waals surface area contributed by atoms with E-state index in [-0.39, 0.29) is 23.3 Å². The number of carbonyl (C=O) groups excluding carboxylic acids is 2. The molecule has 2 amide bonds. The molecule has 4 heterocycles. The maximum Gasteiger partial charge on any atom is 0.276 e. The predicted octanol–water partition coefficient (Wildman–Crippen LogP) is 1.05. The molecule has 2 aliphatic heterocycles. The minimum atomic E-state index is -0.0750. The van der Waals surface area contributed by atoms with Crippen LogP contribution >= 0.6 is 0 Å². The summed E-state index contributed by atoms with van der Waals surface area (Å²) in [6.45, 7) is 5.72. The third kappa shape index (κ3) is 3.52. The first kappa shape index (κ1) is 20.2. The van der Waals surface area contributed by atoms with Crippen molar-refractivity contribution in [2.24, 2.45) is 12.5 Å². The van der Waals surface area contributed by atoms with Crippen LogP contribution in [0.25, 0.3) is 0 Å². The Hall–Kier alpha value is -2.75. The number of hydrogen-bond donors (Lipinski definition) is 0. The average Bonchev–Trinajstić information content (AvgIpc) is 3.39. The number of rotatable bonds is 3. The summed E-state index contributed by atoms with van der Waals surface area (Å²) in [5.41, 5.74) is 2.03. The molecule has 1 spiro atoms. The second kappa shape index (κ2) is 7.74. The topological polar surface area (TPSA) is 98.4 Å². The van der Waals surface area contributed by atoms with Gasteiger partial charge in [0.2, 0.25) is 0 Å². The van der Waals surface area contributed by atoms with E-state index in [4.69, 9.17) is 4.74 Å². The van der Waals surface area contributed by atoms with Crippen molar-refractivity contribution in [3.05, 3.63) is 29.3 Å². The van der Waals surface area contributed by atoms with E-state index in [1.54, 1.807) is 15.8 Å². The van der Waals surface area contributed by atoms with Gasteiger partial charge in [0, 0.05) is 38.9 Å². The monoisotopic (exact) mass is 427 g/mol. The highest BCUT2D eigenvalue weighted by molar-refractivity contribution is 5.92. The van der Waals surface area contributed by atoms with Crippen molar-refractivity contribution >= 4 is 11.8 Å². The van der Waals surface area contributed by atoms with E-state index >= 15 is 0 Å². The lowest BCUT2D eigenvalue weighted by atomic mass is 9.59. The van der Waals surface area contributed by atoms with E-state index < -0.39 is 0 Å². The van der Waals surface area contributed by atoms with Gasteiger partial charge in [0.1, 0.15) is 0 Å². The van der Waals surface area contributed by atoms with Gasteiger partial charge in [-0.25, -0.2) is 4.68 Å². The summed E-state index contributed by atoms with van der Waals surface area (Å²) in [6.07, 6.45) is 5.82. The van der Waals surface area contributed by atoms with Gasteiger partial charge in [-0.15, -0.1) is 5.10 Å². The molecule has 1 aliphatic carbocycles. The Kier molecular flexibility index (Phi) is 5.04. The van der Waals surface area contributed by atoms with Crippen LogP contribution in [0.4, 0.5) is 0 Å². The van der Waals surface area contributed by atoms with Gasteiger partial charge in [0.25, 0.3) is 11.8 Å². The molecule has 166 valence electrons. The number of amides is 2. The number of hydrogen-bond acceptors (Lipinski definition) is 6. The van der Waals surface area contributed by atoms with Crippen LogP contribution in [0.1, 0.15) is 58.4 Å². The fraction of sp³-hybridized carbons (Fsp3) is 0.667. The average molecular weight is 428 g/mol. The van der Waals surface area contributed by atoms with Gasteiger partial charge in [-0.3, -0.25) is 14.3 Å². The van der Waals surface area contributed by atoms with Gasteiger partial charge in [0.15, 0.2) is 11.4 Å². The van der Waals surface area contributed by atoms with Crippen LogP contribution in [-0.2, 0) is 11.8 Å². The van der Waals surface area contributed by atoms with Gasteiger partial charge >= 0.3 is 0 Å². The van der Waals surface area contributed by atoms with Gasteiger partial charge in [-0.1, -0.05) is 5.21 Å². The molecule has 1 unspecified atom stereocenters. The summed E-state index contributed by atoms with van der Waals surface area (Å²) in [5, 5.41) is 12.8. The predicted molar refractivity (Wildman–Crippen MR) is 111 cm³/mol. The highest BCUT2D eigenvalue weighted by Crippen LogP contribution is 2.56. The van der Waals surface area contributed by atoms with E-state index in [0.717, 1.165) is 44.5 Å². The number of aromatic nitrogens is 5. The number of aryl methyl sites for hydroxylation is 2. The van der Waals surface area contributed by atoms with Crippen molar-refractivity contribution in [1.82, 2.24) is 34.6 Å². The molecule has 0 radical (unpaired) electrons.